The number of alkyl halides is 4. The van der Waals surface area contributed by atoms with Gasteiger partial charge in [-0.1, -0.05) is 0 Å². The highest BCUT2D eigenvalue weighted by Gasteiger charge is 2.44. The summed E-state index contributed by atoms with van der Waals surface area (Å²) in [5, 5.41) is 3.76. The summed E-state index contributed by atoms with van der Waals surface area (Å²) in [5.74, 6) is -6.12. The lowest BCUT2D eigenvalue weighted by Crippen LogP contribution is -2.49. The van der Waals surface area contributed by atoms with E-state index < -0.39 is 60.9 Å². The van der Waals surface area contributed by atoms with E-state index in [0.717, 1.165) is 25.1 Å². The normalized spacial score (nSPS) is 22.5. The van der Waals surface area contributed by atoms with Crippen LogP contribution in [0, 0.1) is 17.5 Å². The van der Waals surface area contributed by atoms with Crippen LogP contribution in [0.15, 0.2) is 30.3 Å². The maximum atomic E-state index is 15.7. The molecule has 2 aliphatic rings. The molecule has 0 aliphatic carbocycles. The van der Waals surface area contributed by atoms with Gasteiger partial charge in [-0.3, -0.25) is 9.29 Å². The molecule has 39 heavy (non-hydrogen) atoms. The Morgan fingerprint density at radius 2 is 1.82 bits per heavy atom. The molecule has 2 N–H and O–H groups in total. The number of aromatic amines is 1. The van der Waals surface area contributed by atoms with Crippen LogP contribution in [0.2, 0.25) is 0 Å². The van der Waals surface area contributed by atoms with Crippen molar-refractivity contribution in [3.05, 3.63) is 64.6 Å². The van der Waals surface area contributed by atoms with Crippen molar-refractivity contribution in [3.63, 3.8) is 0 Å². The fourth-order valence-electron chi connectivity index (χ4n) is 6.00. The lowest BCUT2D eigenvalue weighted by atomic mass is 9.87. The monoisotopic (exact) mass is 556 g/mol. The second-order valence-electron chi connectivity index (χ2n) is 10.7. The molecule has 1 unspecified atom stereocenters. The van der Waals surface area contributed by atoms with Crippen LogP contribution in [-0.2, 0) is 6.42 Å². The van der Waals surface area contributed by atoms with Gasteiger partial charge in [0.2, 0.25) is 0 Å². The predicted molar refractivity (Wildman–Crippen MR) is 136 cm³/mol. The van der Waals surface area contributed by atoms with Crippen LogP contribution in [0.25, 0.3) is 10.9 Å². The Kier molecular flexibility index (Phi) is 7.83. The van der Waals surface area contributed by atoms with Gasteiger partial charge < -0.3 is 15.2 Å². The molecule has 2 aliphatic heterocycles. The van der Waals surface area contributed by atoms with E-state index in [2.05, 4.69) is 15.2 Å². The standard InChI is InChI=1S/C28H31F7N4/c1-16-9-21-20-4-3-17(31)10-24(20)37-26(21)27(39(16)15-28(34,35)14-30)25-22(32)11-19(12-23(25)33)36-18-5-8-38(13-18)7-2-6-29/h3-4,10-12,16,18,27,36-37H,2,5-9,13-15H2,1H3/t16-,18?,27-/m1/s1. The van der Waals surface area contributed by atoms with Crippen molar-refractivity contribution < 1.29 is 30.7 Å². The van der Waals surface area contributed by atoms with Crippen molar-refractivity contribution in [3.8, 4) is 0 Å². The molecule has 1 aromatic heterocycles. The van der Waals surface area contributed by atoms with Gasteiger partial charge in [-0.2, -0.15) is 0 Å². The molecular weight excluding hydrogens is 525 g/mol. The summed E-state index contributed by atoms with van der Waals surface area (Å²) in [6.07, 6.45) is 1.40. The Hall–Kier alpha value is -2.79. The molecule has 3 heterocycles. The van der Waals surface area contributed by atoms with E-state index in [4.69, 9.17) is 0 Å². The van der Waals surface area contributed by atoms with Crippen molar-refractivity contribution in [1.29, 1.82) is 0 Å². The molecule has 4 nitrogen and oxygen atoms in total. The van der Waals surface area contributed by atoms with Gasteiger partial charge in [-0.25, -0.2) is 26.3 Å². The van der Waals surface area contributed by atoms with Gasteiger partial charge in [0.1, 0.15) is 17.5 Å². The fourth-order valence-corrected chi connectivity index (χ4v) is 6.00. The summed E-state index contributed by atoms with van der Waals surface area (Å²) in [5.41, 5.74) is 1.08. The third-order valence-corrected chi connectivity index (χ3v) is 7.78. The summed E-state index contributed by atoms with van der Waals surface area (Å²) < 4.78 is 99.8. The van der Waals surface area contributed by atoms with E-state index in [0.29, 0.717) is 36.0 Å². The zero-order chi connectivity index (χ0) is 27.9. The van der Waals surface area contributed by atoms with Crippen molar-refractivity contribution in [2.75, 3.05) is 44.8 Å². The Labute approximate surface area is 222 Å². The molecule has 1 fully saturated rings. The highest BCUT2D eigenvalue weighted by molar-refractivity contribution is 5.85. The lowest BCUT2D eigenvalue weighted by Gasteiger charge is -2.42. The highest BCUT2D eigenvalue weighted by atomic mass is 19.3. The zero-order valence-corrected chi connectivity index (χ0v) is 21.5. The molecule has 0 saturated carbocycles. The second-order valence-corrected chi connectivity index (χ2v) is 10.7. The predicted octanol–water partition coefficient (Wildman–Crippen LogP) is 6.37. The lowest BCUT2D eigenvalue weighted by molar-refractivity contribution is -0.0678. The number of anilines is 1. The van der Waals surface area contributed by atoms with Gasteiger partial charge in [0, 0.05) is 59.6 Å². The van der Waals surface area contributed by atoms with E-state index in [1.165, 1.54) is 17.0 Å². The minimum absolute atomic E-state index is 0.0843. The fraction of sp³-hybridized carbons (Fsp3) is 0.500. The number of hydrogen-bond acceptors (Lipinski definition) is 3. The molecule has 0 radical (unpaired) electrons. The molecule has 2 aromatic carbocycles. The Balaban J connectivity index is 1.52. The summed E-state index contributed by atoms with van der Waals surface area (Å²) in [7, 11) is 0. The first kappa shape index (κ1) is 27.8. The van der Waals surface area contributed by atoms with Crippen molar-refractivity contribution in [1.82, 2.24) is 14.8 Å². The number of halogens is 7. The molecule has 0 spiro atoms. The number of hydrogen-bond donors (Lipinski definition) is 2. The number of nitrogens with zero attached hydrogens (tertiary/aromatic N) is 2. The second kappa shape index (κ2) is 11.0. The average molecular weight is 557 g/mol. The van der Waals surface area contributed by atoms with Crippen LogP contribution < -0.4 is 5.32 Å². The Morgan fingerprint density at radius 3 is 2.51 bits per heavy atom. The summed E-state index contributed by atoms with van der Waals surface area (Å²) in [6.45, 7) is 0.223. The molecule has 5 rings (SSSR count). The van der Waals surface area contributed by atoms with Crippen LogP contribution in [0.3, 0.4) is 0 Å². The van der Waals surface area contributed by atoms with Crippen molar-refractivity contribution in [2.45, 2.75) is 50.2 Å². The molecule has 11 heteroatoms. The number of fused-ring (bicyclic) bond motifs is 3. The Morgan fingerprint density at radius 1 is 1.08 bits per heavy atom. The van der Waals surface area contributed by atoms with Gasteiger partial charge in [0.15, 0.2) is 6.67 Å². The van der Waals surface area contributed by atoms with Gasteiger partial charge in [-0.15, -0.1) is 0 Å². The van der Waals surface area contributed by atoms with Crippen LogP contribution in [-0.4, -0.2) is 72.3 Å². The molecule has 0 bridgehead atoms. The molecule has 0 amide bonds. The maximum Gasteiger partial charge on any atom is 0.288 e. The van der Waals surface area contributed by atoms with Gasteiger partial charge in [0.25, 0.3) is 5.92 Å². The van der Waals surface area contributed by atoms with E-state index in [-0.39, 0.29) is 23.8 Å². The van der Waals surface area contributed by atoms with Gasteiger partial charge >= 0.3 is 0 Å². The van der Waals surface area contributed by atoms with Crippen LogP contribution >= 0.6 is 0 Å². The summed E-state index contributed by atoms with van der Waals surface area (Å²) in [4.78, 5) is 6.29. The first-order valence-electron chi connectivity index (χ1n) is 13.1. The number of benzene rings is 2. The minimum Gasteiger partial charge on any atom is -0.381 e. The van der Waals surface area contributed by atoms with Crippen molar-refractivity contribution >= 4 is 16.6 Å². The molecule has 3 aromatic rings. The van der Waals surface area contributed by atoms with E-state index in [1.54, 1.807) is 13.0 Å². The van der Waals surface area contributed by atoms with Crippen LogP contribution in [0.1, 0.15) is 42.6 Å². The number of nitrogens with one attached hydrogen (secondary N) is 2. The topological polar surface area (TPSA) is 34.3 Å². The first-order chi connectivity index (χ1) is 18.6. The quantitative estimate of drug-likeness (QED) is 0.301. The third kappa shape index (κ3) is 5.61. The first-order valence-corrected chi connectivity index (χ1v) is 13.1. The number of likely N-dealkylation sites (tertiary alicyclic amines) is 1. The SMILES string of the molecule is C[C@@H]1Cc2c([nH]c3cc(F)ccc23)[C@@H](c2c(F)cc(NC3CCN(CCCF)C3)cc2F)N1CC(F)(F)CF. The number of H-pyrrole nitrogens is 1. The number of aromatic nitrogens is 1. The van der Waals surface area contributed by atoms with Crippen LogP contribution in [0.4, 0.5) is 36.4 Å². The number of rotatable bonds is 9. The summed E-state index contributed by atoms with van der Waals surface area (Å²) in [6, 6.07) is 4.32. The van der Waals surface area contributed by atoms with E-state index in [9.17, 15) is 22.0 Å². The third-order valence-electron chi connectivity index (χ3n) is 7.78. The average Bonchev–Trinajstić information content (AvgIpc) is 3.47. The van der Waals surface area contributed by atoms with Crippen LogP contribution in [0.5, 0.6) is 0 Å². The van der Waals surface area contributed by atoms with Gasteiger partial charge in [0.05, 0.1) is 19.3 Å². The largest absolute Gasteiger partial charge is 0.381 e. The summed E-state index contributed by atoms with van der Waals surface area (Å²) >= 11 is 0. The highest BCUT2D eigenvalue weighted by Crippen LogP contribution is 2.44. The van der Waals surface area contributed by atoms with Gasteiger partial charge in [-0.05, 0) is 62.1 Å². The van der Waals surface area contributed by atoms with E-state index in [1.807, 2.05) is 0 Å². The smallest absolute Gasteiger partial charge is 0.288 e. The minimum atomic E-state index is -3.73. The molecule has 1 saturated heterocycles. The maximum absolute atomic E-state index is 15.7. The molecular formula is C28H31F7N4. The van der Waals surface area contributed by atoms with E-state index >= 15 is 8.78 Å². The molecule has 212 valence electrons. The molecule has 3 atom stereocenters. The van der Waals surface area contributed by atoms with Crippen molar-refractivity contribution in [2.24, 2.45) is 0 Å². The zero-order valence-electron chi connectivity index (χ0n) is 21.5. The Bertz CT molecular complexity index is 1300.